The molecule has 1 fully saturated rings. The van der Waals surface area contributed by atoms with Gasteiger partial charge in [-0.05, 0) is 26.0 Å². The fourth-order valence-corrected chi connectivity index (χ4v) is 2.30. The number of hydrogen-bond donors (Lipinski definition) is 1. The van der Waals surface area contributed by atoms with Crippen LogP contribution in [0.2, 0.25) is 0 Å². The molecule has 1 aromatic rings. The van der Waals surface area contributed by atoms with E-state index in [-0.39, 0.29) is 30.0 Å². The van der Waals surface area contributed by atoms with E-state index in [0.29, 0.717) is 17.7 Å². The Labute approximate surface area is 123 Å². The van der Waals surface area contributed by atoms with E-state index in [1.165, 1.54) is 12.1 Å². The number of halogens is 1. The number of carbonyl (C=O) groups excluding carboxylic acids is 1. The summed E-state index contributed by atoms with van der Waals surface area (Å²) < 4.78 is 0. The van der Waals surface area contributed by atoms with Crippen molar-refractivity contribution in [3.8, 4) is 0 Å². The standard InChI is InChI=1S/C13H17N3O3.ClH/c1-9-7-11(3-4-12(9)16(18)19)13(17)15-6-5-14-8-10(15)2;/h3-4,7,10,14H,5-6,8H2,1-2H3;1H. The average Bonchev–Trinajstić information content (AvgIpc) is 2.38. The second-order valence-corrected chi connectivity index (χ2v) is 4.81. The van der Waals surface area contributed by atoms with Crippen molar-refractivity contribution < 1.29 is 9.72 Å². The smallest absolute Gasteiger partial charge is 0.272 e. The van der Waals surface area contributed by atoms with Gasteiger partial charge in [-0.3, -0.25) is 14.9 Å². The number of nitrogens with zero attached hydrogens (tertiary/aromatic N) is 2. The van der Waals surface area contributed by atoms with Gasteiger partial charge in [-0.15, -0.1) is 12.4 Å². The zero-order valence-electron chi connectivity index (χ0n) is 11.5. The summed E-state index contributed by atoms with van der Waals surface area (Å²) in [5.41, 5.74) is 1.07. The number of piperazine rings is 1. The van der Waals surface area contributed by atoms with E-state index in [2.05, 4.69) is 5.32 Å². The zero-order valence-corrected chi connectivity index (χ0v) is 12.3. The van der Waals surface area contributed by atoms with Crippen LogP contribution >= 0.6 is 12.4 Å². The number of nitro benzene ring substituents is 1. The van der Waals surface area contributed by atoms with E-state index in [4.69, 9.17) is 0 Å². The molecule has 0 radical (unpaired) electrons. The number of rotatable bonds is 2. The topological polar surface area (TPSA) is 75.5 Å². The van der Waals surface area contributed by atoms with Gasteiger partial charge in [0.1, 0.15) is 0 Å². The first kappa shape index (κ1) is 16.4. The molecular weight excluding hydrogens is 282 g/mol. The van der Waals surface area contributed by atoms with Crippen LogP contribution in [0.15, 0.2) is 18.2 Å². The van der Waals surface area contributed by atoms with Gasteiger partial charge in [-0.2, -0.15) is 0 Å². The fourth-order valence-electron chi connectivity index (χ4n) is 2.30. The van der Waals surface area contributed by atoms with Crippen LogP contribution in [-0.4, -0.2) is 41.4 Å². The van der Waals surface area contributed by atoms with Crippen LogP contribution in [0.5, 0.6) is 0 Å². The molecule has 0 aliphatic carbocycles. The number of nitro groups is 1. The van der Waals surface area contributed by atoms with Crippen molar-refractivity contribution >= 4 is 24.0 Å². The SMILES string of the molecule is Cc1cc(C(=O)N2CCNCC2C)ccc1[N+](=O)[O-].Cl. The number of amides is 1. The van der Waals surface area contributed by atoms with Gasteiger partial charge in [0.05, 0.1) is 4.92 Å². The molecule has 1 amide bonds. The van der Waals surface area contributed by atoms with Crippen molar-refractivity contribution in [2.24, 2.45) is 0 Å². The molecule has 1 N–H and O–H groups in total. The van der Waals surface area contributed by atoms with Crippen LogP contribution in [0.1, 0.15) is 22.8 Å². The Bertz CT molecular complexity index is 522. The third-order valence-corrected chi connectivity index (χ3v) is 3.40. The first-order valence-electron chi connectivity index (χ1n) is 6.27. The van der Waals surface area contributed by atoms with Crippen molar-refractivity contribution in [1.82, 2.24) is 10.2 Å². The number of aryl methyl sites for hydroxylation is 1. The Kier molecular flexibility index (Phi) is 5.47. The number of carbonyl (C=O) groups is 1. The van der Waals surface area contributed by atoms with Gasteiger partial charge in [-0.25, -0.2) is 0 Å². The molecule has 2 rings (SSSR count). The Morgan fingerprint density at radius 1 is 1.50 bits per heavy atom. The van der Waals surface area contributed by atoms with Crippen LogP contribution in [-0.2, 0) is 0 Å². The molecule has 1 saturated heterocycles. The Balaban J connectivity index is 0.00000200. The van der Waals surface area contributed by atoms with E-state index >= 15 is 0 Å². The molecule has 0 bridgehead atoms. The zero-order chi connectivity index (χ0) is 14.0. The third-order valence-electron chi connectivity index (χ3n) is 3.40. The summed E-state index contributed by atoms with van der Waals surface area (Å²) in [4.78, 5) is 24.5. The molecule has 1 heterocycles. The maximum absolute atomic E-state index is 12.4. The molecule has 110 valence electrons. The minimum absolute atomic E-state index is 0. The second kappa shape index (κ2) is 6.67. The molecular formula is C13H18ClN3O3. The maximum atomic E-state index is 12.4. The van der Waals surface area contributed by atoms with E-state index in [0.717, 1.165) is 13.1 Å². The molecule has 1 aliphatic heterocycles. The van der Waals surface area contributed by atoms with Crippen LogP contribution in [0.4, 0.5) is 5.69 Å². The Morgan fingerprint density at radius 3 is 2.75 bits per heavy atom. The normalized spacial score (nSPS) is 18.3. The van der Waals surface area contributed by atoms with Crippen molar-refractivity contribution in [3.63, 3.8) is 0 Å². The first-order chi connectivity index (χ1) is 9.00. The van der Waals surface area contributed by atoms with Gasteiger partial charge in [0.2, 0.25) is 0 Å². The molecule has 0 saturated carbocycles. The van der Waals surface area contributed by atoms with E-state index in [1.807, 2.05) is 6.92 Å². The van der Waals surface area contributed by atoms with E-state index < -0.39 is 4.92 Å². The lowest BCUT2D eigenvalue weighted by Gasteiger charge is -2.34. The van der Waals surface area contributed by atoms with E-state index in [9.17, 15) is 14.9 Å². The molecule has 1 aliphatic rings. The number of nitrogens with one attached hydrogen (secondary N) is 1. The van der Waals surface area contributed by atoms with Gasteiger partial charge in [-0.1, -0.05) is 0 Å². The summed E-state index contributed by atoms with van der Waals surface area (Å²) in [7, 11) is 0. The largest absolute Gasteiger partial charge is 0.333 e. The van der Waals surface area contributed by atoms with E-state index in [1.54, 1.807) is 17.9 Å². The molecule has 1 aromatic carbocycles. The van der Waals surface area contributed by atoms with Gasteiger partial charge >= 0.3 is 0 Å². The minimum Gasteiger partial charge on any atom is -0.333 e. The quantitative estimate of drug-likeness (QED) is 0.667. The number of hydrogen-bond acceptors (Lipinski definition) is 4. The van der Waals surface area contributed by atoms with Crippen molar-refractivity contribution in [2.75, 3.05) is 19.6 Å². The Morgan fingerprint density at radius 2 is 2.20 bits per heavy atom. The van der Waals surface area contributed by atoms with Crippen molar-refractivity contribution in [2.45, 2.75) is 19.9 Å². The highest BCUT2D eigenvalue weighted by atomic mass is 35.5. The Hall–Kier alpha value is -1.66. The molecule has 0 aromatic heterocycles. The summed E-state index contributed by atoms with van der Waals surface area (Å²) >= 11 is 0. The van der Waals surface area contributed by atoms with Crippen LogP contribution in [0, 0.1) is 17.0 Å². The molecule has 1 atom stereocenters. The second-order valence-electron chi connectivity index (χ2n) is 4.81. The summed E-state index contributed by atoms with van der Waals surface area (Å²) in [6, 6.07) is 4.66. The maximum Gasteiger partial charge on any atom is 0.272 e. The van der Waals surface area contributed by atoms with Crippen LogP contribution < -0.4 is 5.32 Å². The predicted molar refractivity (Wildman–Crippen MR) is 78.4 cm³/mol. The van der Waals surface area contributed by atoms with Gasteiger partial charge in [0.15, 0.2) is 0 Å². The summed E-state index contributed by atoms with van der Waals surface area (Å²) in [6.07, 6.45) is 0. The minimum atomic E-state index is -0.434. The summed E-state index contributed by atoms with van der Waals surface area (Å²) in [5.74, 6) is -0.0630. The lowest BCUT2D eigenvalue weighted by Crippen LogP contribution is -2.52. The molecule has 7 heteroatoms. The van der Waals surface area contributed by atoms with Crippen molar-refractivity contribution in [1.29, 1.82) is 0 Å². The number of benzene rings is 1. The van der Waals surface area contributed by atoms with Gasteiger partial charge in [0, 0.05) is 42.9 Å². The van der Waals surface area contributed by atoms with Crippen molar-refractivity contribution in [3.05, 3.63) is 39.4 Å². The van der Waals surface area contributed by atoms with Crippen LogP contribution in [0.3, 0.4) is 0 Å². The average molecular weight is 300 g/mol. The molecule has 0 spiro atoms. The summed E-state index contributed by atoms with van der Waals surface area (Å²) in [6.45, 7) is 5.86. The molecule has 1 unspecified atom stereocenters. The molecule has 20 heavy (non-hydrogen) atoms. The summed E-state index contributed by atoms with van der Waals surface area (Å²) in [5, 5.41) is 14.0. The highest BCUT2D eigenvalue weighted by molar-refractivity contribution is 5.95. The lowest BCUT2D eigenvalue weighted by molar-refractivity contribution is -0.385. The lowest BCUT2D eigenvalue weighted by atomic mass is 10.1. The van der Waals surface area contributed by atoms with Gasteiger partial charge in [0.25, 0.3) is 11.6 Å². The third kappa shape index (κ3) is 3.26. The highest BCUT2D eigenvalue weighted by Gasteiger charge is 2.24. The fraction of sp³-hybridized carbons (Fsp3) is 0.462. The van der Waals surface area contributed by atoms with Gasteiger partial charge < -0.3 is 10.2 Å². The molecule has 6 nitrogen and oxygen atoms in total. The predicted octanol–water partition coefficient (Wildman–Crippen LogP) is 1.76. The first-order valence-corrected chi connectivity index (χ1v) is 6.27. The highest BCUT2D eigenvalue weighted by Crippen LogP contribution is 2.20. The van der Waals surface area contributed by atoms with Crippen LogP contribution in [0.25, 0.3) is 0 Å². The monoisotopic (exact) mass is 299 g/mol.